The minimum atomic E-state index is -0.0925. The van der Waals surface area contributed by atoms with Crippen molar-refractivity contribution in [2.45, 2.75) is 13.8 Å². The van der Waals surface area contributed by atoms with Gasteiger partial charge in [0, 0.05) is 0 Å². The highest BCUT2D eigenvalue weighted by atomic mass is 16.5. The zero-order valence-corrected chi connectivity index (χ0v) is 11.9. The molecule has 0 aliphatic rings. The van der Waals surface area contributed by atoms with Gasteiger partial charge < -0.3 is 9.47 Å². The molecule has 0 N–H and O–H groups in total. The lowest BCUT2D eigenvalue weighted by molar-refractivity contribution is 0.100. The molecule has 0 unspecified atom stereocenters. The Morgan fingerprint density at radius 1 is 0.900 bits per heavy atom. The molecule has 0 atom stereocenters. The second-order valence-corrected chi connectivity index (χ2v) is 4.53. The Morgan fingerprint density at radius 2 is 1.55 bits per heavy atom. The van der Waals surface area contributed by atoms with Gasteiger partial charge in [-0.15, -0.1) is 0 Å². The van der Waals surface area contributed by atoms with Gasteiger partial charge in [0.25, 0.3) is 0 Å². The van der Waals surface area contributed by atoms with Crippen LogP contribution in [-0.4, -0.2) is 25.8 Å². The van der Waals surface area contributed by atoms with Crippen molar-refractivity contribution >= 4 is 22.3 Å². The molecule has 0 fully saturated rings. The number of rotatable bonds is 4. The van der Waals surface area contributed by atoms with Crippen LogP contribution < -0.4 is 9.47 Å². The molecule has 0 aliphatic heterocycles. The Bertz CT molecular complexity index is 701. The number of carbonyl (C=O) groups excluding carboxylic acids is 2. The molecule has 0 aromatic heterocycles. The predicted octanol–water partition coefficient (Wildman–Crippen LogP) is 3.26. The molecule has 2 rings (SSSR count). The van der Waals surface area contributed by atoms with Gasteiger partial charge in [-0.1, -0.05) is 6.07 Å². The summed E-state index contributed by atoms with van der Waals surface area (Å²) in [5.74, 6) is 0.803. The lowest BCUT2D eigenvalue weighted by atomic mass is 9.97. The monoisotopic (exact) mass is 272 g/mol. The molecule has 2 aromatic carbocycles. The number of benzene rings is 2. The standard InChI is InChI=1S/C16H16O4/c1-9(17)12-7-11-5-6-14(19-3)16(10(2)18)13(11)8-15(12)20-4/h5-8H,1-4H3. The molecule has 104 valence electrons. The van der Waals surface area contributed by atoms with Crippen LogP contribution in [0.5, 0.6) is 11.5 Å². The molecular formula is C16H16O4. The third-order valence-corrected chi connectivity index (χ3v) is 3.25. The molecule has 0 bridgehead atoms. The first-order valence-corrected chi connectivity index (χ1v) is 6.20. The van der Waals surface area contributed by atoms with Crippen LogP contribution in [0.15, 0.2) is 24.3 Å². The second kappa shape index (κ2) is 5.33. The fraction of sp³-hybridized carbons (Fsp3) is 0.250. The van der Waals surface area contributed by atoms with Gasteiger partial charge in [-0.3, -0.25) is 9.59 Å². The first-order valence-electron chi connectivity index (χ1n) is 6.20. The Kier molecular flexibility index (Phi) is 3.74. The SMILES string of the molecule is COc1cc2c(C(C)=O)c(OC)ccc2cc1C(C)=O. The van der Waals surface area contributed by atoms with Gasteiger partial charge in [-0.2, -0.15) is 0 Å². The van der Waals surface area contributed by atoms with Crippen molar-refractivity contribution < 1.29 is 19.1 Å². The van der Waals surface area contributed by atoms with E-state index in [1.165, 1.54) is 28.1 Å². The van der Waals surface area contributed by atoms with Crippen molar-refractivity contribution in [1.82, 2.24) is 0 Å². The van der Waals surface area contributed by atoms with E-state index in [0.29, 0.717) is 22.6 Å². The minimum absolute atomic E-state index is 0.0797. The molecule has 0 aliphatic carbocycles. The molecule has 0 radical (unpaired) electrons. The van der Waals surface area contributed by atoms with E-state index in [4.69, 9.17) is 9.47 Å². The van der Waals surface area contributed by atoms with Crippen LogP contribution in [0.2, 0.25) is 0 Å². The molecule has 4 nitrogen and oxygen atoms in total. The maximum Gasteiger partial charge on any atom is 0.164 e. The summed E-state index contributed by atoms with van der Waals surface area (Å²) in [6.07, 6.45) is 0. The molecule has 2 aromatic rings. The Balaban J connectivity index is 2.88. The van der Waals surface area contributed by atoms with E-state index in [-0.39, 0.29) is 11.6 Å². The van der Waals surface area contributed by atoms with Crippen molar-refractivity contribution in [1.29, 1.82) is 0 Å². The van der Waals surface area contributed by atoms with Gasteiger partial charge >= 0.3 is 0 Å². The number of Topliss-reactive ketones (excluding diaryl/α,β-unsaturated/α-hetero) is 2. The Labute approximate surface area is 117 Å². The molecule has 0 heterocycles. The number of ketones is 2. The van der Waals surface area contributed by atoms with Crippen LogP contribution in [0.3, 0.4) is 0 Å². The largest absolute Gasteiger partial charge is 0.496 e. The van der Waals surface area contributed by atoms with Crippen LogP contribution in [0.1, 0.15) is 34.6 Å². The fourth-order valence-electron chi connectivity index (χ4n) is 2.31. The van der Waals surface area contributed by atoms with Crippen molar-refractivity contribution in [2.24, 2.45) is 0 Å². The van der Waals surface area contributed by atoms with Gasteiger partial charge in [0.05, 0.1) is 25.3 Å². The summed E-state index contributed by atoms with van der Waals surface area (Å²) in [6.45, 7) is 2.97. The summed E-state index contributed by atoms with van der Waals surface area (Å²) in [6, 6.07) is 7.01. The van der Waals surface area contributed by atoms with Gasteiger partial charge in [0.1, 0.15) is 11.5 Å². The molecule has 4 heteroatoms. The second-order valence-electron chi connectivity index (χ2n) is 4.53. The van der Waals surface area contributed by atoms with E-state index >= 15 is 0 Å². The summed E-state index contributed by atoms with van der Waals surface area (Å²) in [5.41, 5.74) is 0.998. The predicted molar refractivity (Wildman–Crippen MR) is 77.1 cm³/mol. The Morgan fingerprint density at radius 3 is 2.05 bits per heavy atom. The summed E-state index contributed by atoms with van der Waals surface area (Å²) < 4.78 is 10.5. The van der Waals surface area contributed by atoms with Crippen LogP contribution in [-0.2, 0) is 0 Å². The summed E-state index contributed by atoms with van der Waals surface area (Å²) in [4.78, 5) is 23.5. The van der Waals surface area contributed by atoms with Crippen molar-refractivity contribution in [3.05, 3.63) is 35.4 Å². The molecule has 0 spiro atoms. The highest BCUT2D eigenvalue weighted by Crippen LogP contribution is 2.33. The number of fused-ring (bicyclic) bond motifs is 1. The van der Waals surface area contributed by atoms with Gasteiger partial charge in [0.15, 0.2) is 11.6 Å². The molecule has 0 saturated heterocycles. The average molecular weight is 272 g/mol. The van der Waals surface area contributed by atoms with Crippen molar-refractivity contribution in [3.63, 3.8) is 0 Å². The normalized spacial score (nSPS) is 10.4. The maximum absolute atomic E-state index is 11.9. The highest BCUT2D eigenvalue weighted by Gasteiger charge is 2.16. The third kappa shape index (κ3) is 2.25. The summed E-state index contributed by atoms with van der Waals surface area (Å²) in [5, 5.41) is 1.53. The topological polar surface area (TPSA) is 52.6 Å². The molecular weight excluding hydrogens is 256 g/mol. The molecule has 0 amide bonds. The first kappa shape index (κ1) is 14.1. The number of hydrogen-bond acceptors (Lipinski definition) is 4. The van der Waals surface area contributed by atoms with E-state index in [2.05, 4.69) is 0 Å². The zero-order chi connectivity index (χ0) is 14.9. The fourth-order valence-corrected chi connectivity index (χ4v) is 2.31. The summed E-state index contributed by atoms with van der Waals surface area (Å²) in [7, 11) is 3.02. The number of carbonyl (C=O) groups is 2. The number of hydrogen-bond donors (Lipinski definition) is 0. The van der Waals surface area contributed by atoms with Crippen LogP contribution >= 0.6 is 0 Å². The molecule has 20 heavy (non-hydrogen) atoms. The van der Waals surface area contributed by atoms with E-state index < -0.39 is 0 Å². The van der Waals surface area contributed by atoms with Crippen molar-refractivity contribution in [2.75, 3.05) is 14.2 Å². The Hall–Kier alpha value is -2.36. The maximum atomic E-state index is 11.9. The quantitative estimate of drug-likeness (QED) is 0.802. The van der Waals surface area contributed by atoms with Crippen LogP contribution in [0.25, 0.3) is 10.8 Å². The van der Waals surface area contributed by atoms with Gasteiger partial charge in [0.2, 0.25) is 0 Å². The van der Waals surface area contributed by atoms with Gasteiger partial charge in [-0.05, 0) is 42.8 Å². The third-order valence-electron chi connectivity index (χ3n) is 3.25. The van der Waals surface area contributed by atoms with Crippen molar-refractivity contribution in [3.8, 4) is 11.5 Å². The summed E-state index contributed by atoms with van der Waals surface area (Å²) >= 11 is 0. The zero-order valence-electron chi connectivity index (χ0n) is 11.9. The number of ether oxygens (including phenoxy) is 2. The minimum Gasteiger partial charge on any atom is -0.496 e. The smallest absolute Gasteiger partial charge is 0.164 e. The van der Waals surface area contributed by atoms with E-state index in [1.807, 2.05) is 6.07 Å². The average Bonchev–Trinajstić information content (AvgIpc) is 2.43. The van der Waals surface area contributed by atoms with Gasteiger partial charge in [-0.25, -0.2) is 0 Å². The lowest BCUT2D eigenvalue weighted by Gasteiger charge is -2.13. The van der Waals surface area contributed by atoms with Crippen LogP contribution in [0.4, 0.5) is 0 Å². The van der Waals surface area contributed by atoms with Crippen LogP contribution in [0, 0.1) is 0 Å². The van der Waals surface area contributed by atoms with E-state index in [0.717, 1.165) is 10.8 Å². The lowest BCUT2D eigenvalue weighted by Crippen LogP contribution is -2.02. The number of methoxy groups -OCH3 is 2. The highest BCUT2D eigenvalue weighted by molar-refractivity contribution is 6.11. The van der Waals surface area contributed by atoms with E-state index in [1.54, 1.807) is 18.2 Å². The molecule has 0 saturated carbocycles. The van der Waals surface area contributed by atoms with E-state index in [9.17, 15) is 9.59 Å². The first-order chi connectivity index (χ1) is 9.49.